The molecular formula is C15H10F12O3. The van der Waals surface area contributed by atoms with E-state index in [0.29, 0.717) is 24.3 Å². The summed E-state index contributed by atoms with van der Waals surface area (Å²) in [5.41, 5.74) is -14.7. The first-order valence-electron chi connectivity index (χ1n) is 7.29. The highest BCUT2D eigenvalue weighted by atomic mass is 19.4. The number of aliphatic hydroxyl groups is 2. The van der Waals surface area contributed by atoms with Crippen LogP contribution in [0.2, 0.25) is 0 Å². The number of phenolic OH excluding ortho intramolecular Hbond substituents is 1. The van der Waals surface area contributed by atoms with E-state index in [1.54, 1.807) is 0 Å². The molecule has 15 heteroatoms. The minimum Gasteiger partial charge on any atom is -0.508 e. The van der Waals surface area contributed by atoms with Gasteiger partial charge < -0.3 is 15.3 Å². The molecule has 0 unspecified atom stereocenters. The Labute approximate surface area is 158 Å². The van der Waals surface area contributed by atoms with Crippen LogP contribution < -0.4 is 0 Å². The van der Waals surface area contributed by atoms with E-state index in [0.717, 1.165) is 0 Å². The van der Waals surface area contributed by atoms with Crippen LogP contribution in [0.3, 0.4) is 0 Å². The zero-order valence-electron chi connectivity index (χ0n) is 14.0. The molecule has 0 aliphatic carbocycles. The Hall–Kier alpha value is -2.16. The van der Waals surface area contributed by atoms with Gasteiger partial charge in [-0.15, -0.1) is 0 Å². The Morgan fingerprint density at radius 3 is 1.33 bits per heavy atom. The standard InChI is InChI=1S/C15H10F12O3/c16-12(17,18)10(29,13(19,20)21)5-8(7-1-3-9(28)4-2-7)6-11(30,14(22,23)24)15(25,26)27/h1-5,28-30H,6H2/b8-5+. The van der Waals surface area contributed by atoms with Crippen LogP contribution in [-0.2, 0) is 0 Å². The molecule has 0 radical (unpaired) electrons. The fourth-order valence-electron chi connectivity index (χ4n) is 2.13. The van der Waals surface area contributed by atoms with Gasteiger partial charge in [0.15, 0.2) is 0 Å². The van der Waals surface area contributed by atoms with Crippen molar-refractivity contribution in [2.45, 2.75) is 42.3 Å². The van der Waals surface area contributed by atoms with Crippen molar-refractivity contribution in [1.29, 1.82) is 0 Å². The van der Waals surface area contributed by atoms with Crippen LogP contribution in [0.5, 0.6) is 5.75 Å². The molecule has 0 spiro atoms. The van der Waals surface area contributed by atoms with E-state index in [1.807, 2.05) is 0 Å². The first-order chi connectivity index (χ1) is 13.1. The fourth-order valence-corrected chi connectivity index (χ4v) is 2.13. The normalized spacial score (nSPS) is 15.5. The molecule has 0 atom stereocenters. The largest absolute Gasteiger partial charge is 0.508 e. The maximum absolute atomic E-state index is 12.9. The summed E-state index contributed by atoms with van der Waals surface area (Å²) in [7, 11) is 0. The molecule has 0 aliphatic rings. The lowest BCUT2D eigenvalue weighted by Gasteiger charge is -2.35. The van der Waals surface area contributed by atoms with E-state index in [9.17, 15) is 57.8 Å². The Kier molecular flexibility index (Phi) is 6.48. The number of aromatic hydroxyl groups is 1. The maximum atomic E-state index is 12.9. The third-order valence-corrected chi connectivity index (χ3v) is 3.87. The molecule has 3 N–H and O–H groups in total. The molecule has 1 rings (SSSR count). The van der Waals surface area contributed by atoms with Crippen LogP contribution in [0.4, 0.5) is 52.7 Å². The van der Waals surface area contributed by atoms with E-state index >= 15 is 0 Å². The van der Waals surface area contributed by atoms with Gasteiger partial charge in [-0.3, -0.25) is 0 Å². The second-order valence-electron chi connectivity index (χ2n) is 6.01. The second-order valence-corrected chi connectivity index (χ2v) is 6.01. The van der Waals surface area contributed by atoms with E-state index < -0.39 is 65.3 Å². The quantitative estimate of drug-likeness (QED) is 0.555. The SMILES string of the molecule is Oc1ccc(/C(=C/C(O)(C(F)(F)F)C(F)(F)F)CC(O)(C(F)(F)F)C(F)(F)F)cc1. The highest BCUT2D eigenvalue weighted by Crippen LogP contribution is 2.50. The van der Waals surface area contributed by atoms with E-state index in [-0.39, 0.29) is 0 Å². The summed E-state index contributed by atoms with van der Waals surface area (Å²) >= 11 is 0. The van der Waals surface area contributed by atoms with E-state index in [1.165, 1.54) is 0 Å². The molecular weight excluding hydrogens is 456 g/mol. The third-order valence-electron chi connectivity index (χ3n) is 3.87. The molecule has 0 heterocycles. The number of rotatable bonds is 4. The van der Waals surface area contributed by atoms with Crippen LogP contribution in [0.1, 0.15) is 12.0 Å². The molecule has 0 aliphatic heterocycles. The van der Waals surface area contributed by atoms with Gasteiger partial charge in [0, 0.05) is 6.42 Å². The van der Waals surface area contributed by atoms with Gasteiger partial charge in [0.2, 0.25) is 0 Å². The molecule has 1 aromatic rings. The average Bonchev–Trinajstić information content (AvgIpc) is 2.50. The average molecular weight is 466 g/mol. The van der Waals surface area contributed by atoms with Crippen molar-refractivity contribution in [3.8, 4) is 5.75 Å². The van der Waals surface area contributed by atoms with E-state index in [2.05, 4.69) is 0 Å². The first-order valence-corrected chi connectivity index (χ1v) is 7.29. The van der Waals surface area contributed by atoms with Crippen LogP contribution in [0, 0.1) is 0 Å². The fraction of sp³-hybridized carbons (Fsp3) is 0.467. The number of alkyl halides is 12. The molecule has 1 aromatic carbocycles. The summed E-state index contributed by atoms with van der Waals surface area (Å²) in [5, 5.41) is 27.4. The summed E-state index contributed by atoms with van der Waals surface area (Å²) in [4.78, 5) is 0. The number of benzene rings is 1. The zero-order chi connectivity index (χ0) is 24.0. The van der Waals surface area contributed by atoms with Crippen molar-refractivity contribution in [2.75, 3.05) is 0 Å². The molecule has 0 bridgehead atoms. The number of phenols is 1. The topological polar surface area (TPSA) is 60.7 Å². The minimum absolute atomic E-state index is 0.390. The minimum atomic E-state index is -6.61. The van der Waals surface area contributed by atoms with Crippen LogP contribution in [0.15, 0.2) is 30.3 Å². The summed E-state index contributed by atoms with van der Waals surface area (Å²) < 4.78 is 155. The smallest absolute Gasteiger partial charge is 0.430 e. The molecule has 0 saturated heterocycles. The monoisotopic (exact) mass is 466 g/mol. The van der Waals surface area contributed by atoms with Gasteiger partial charge in [-0.25, -0.2) is 0 Å². The van der Waals surface area contributed by atoms with Gasteiger partial charge in [0.1, 0.15) is 5.75 Å². The van der Waals surface area contributed by atoms with Crippen molar-refractivity contribution in [3.05, 3.63) is 35.9 Å². The Morgan fingerprint density at radius 2 is 1.03 bits per heavy atom. The first kappa shape index (κ1) is 25.9. The molecule has 30 heavy (non-hydrogen) atoms. The molecule has 3 nitrogen and oxygen atoms in total. The van der Waals surface area contributed by atoms with Gasteiger partial charge in [-0.05, 0) is 29.3 Å². The van der Waals surface area contributed by atoms with Gasteiger partial charge in [0.25, 0.3) is 11.2 Å². The highest BCUT2D eigenvalue weighted by Gasteiger charge is 2.72. The third kappa shape index (κ3) is 4.77. The second kappa shape index (κ2) is 7.51. The van der Waals surface area contributed by atoms with Gasteiger partial charge in [0.05, 0.1) is 0 Å². The molecule has 0 fully saturated rings. The van der Waals surface area contributed by atoms with E-state index in [4.69, 9.17) is 10.2 Å². The molecule has 0 aromatic heterocycles. The molecule has 0 saturated carbocycles. The predicted octanol–water partition coefficient (Wildman–Crippen LogP) is 4.88. The van der Waals surface area contributed by atoms with Crippen molar-refractivity contribution in [2.24, 2.45) is 0 Å². The van der Waals surface area contributed by atoms with Crippen LogP contribution in [-0.4, -0.2) is 51.2 Å². The van der Waals surface area contributed by atoms with Gasteiger partial charge in [-0.1, -0.05) is 12.1 Å². The van der Waals surface area contributed by atoms with Crippen LogP contribution >= 0.6 is 0 Å². The zero-order valence-corrected chi connectivity index (χ0v) is 14.0. The molecule has 172 valence electrons. The lowest BCUT2D eigenvalue weighted by Crippen LogP contribution is -2.58. The maximum Gasteiger partial charge on any atom is 0.430 e. The summed E-state index contributed by atoms with van der Waals surface area (Å²) in [5.74, 6) is -0.693. The predicted molar refractivity (Wildman–Crippen MR) is 74.8 cm³/mol. The summed E-state index contributed by atoms with van der Waals surface area (Å²) in [6.07, 6.45) is -30.5. The van der Waals surface area contributed by atoms with Crippen molar-refractivity contribution >= 4 is 5.57 Å². The Morgan fingerprint density at radius 1 is 0.667 bits per heavy atom. The van der Waals surface area contributed by atoms with Gasteiger partial charge in [-0.2, -0.15) is 52.7 Å². The lowest BCUT2D eigenvalue weighted by molar-refractivity contribution is -0.366. The summed E-state index contributed by atoms with van der Waals surface area (Å²) in [6.45, 7) is 0. The number of hydrogen-bond acceptors (Lipinski definition) is 3. The van der Waals surface area contributed by atoms with Crippen molar-refractivity contribution in [1.82, 2.24) is 0 Å². The number of hydrogen-bond donors (Lipinski definition) is 3. The highest BCUT2D eigenvalue weighted by molar-refractivity contribution is 5.68. The Balaban J connectivity index is 3.86. The number of halogens is 12. The molecule has 0 amide bonds. The van der Waals surface area contributed by atoms with Crippen molar-refractivity contribution in [3.63, 3.8) is 0 Å². The summed E-state index contributed by atoms with van der Waals surface area (Å²) in [6, 6.07) is 1.84. The van der Waals surface area contributed by atoms with Gasteiger partial charge >= 0.3 is 24.7 Å². The van der Waals surface area contributed by atoms with Crippen molar-refractivity contribution < 1.29 is 68.0 Å². The lowest BCUT2D eigenvalue weighted by atomic mass is 9.86. The Bertz CT molecular complexity index is 741. The van der Waals surface area contributed by atoms with Crippen LogP contribution in [0.25, 0.3) is 5.57 Å².